The predicted octanol–water partition coefficient (Wildman–Crippen LogP) is 2.26. The second-order valence-corrected chi connectivity index (χ2v) is 6.24. The van der Waals surface area contributed by atoms with E-state index in [-0.39, 0.29) is 41.8 Å². The van der Waals surface area contributed by atoms with Gasteiger partial charge in [-0.15, -0.1) is 24.0 Å². The molecule has 0 spiro atoms. The highest BCUT2D eigenvalue weighted by Crippen LogP contribution is 2.48. The first-order valence-electron chi connectivity index (χ1n) is 8.06. The number of carbonyl (C=O) groups is 1. The van der Waals surface area contributed by atoms with Gasteiger partial charge in [0.05, 0.1) is 0 Å². The molecule has 1 fully saturated rings. The van der Waals surface area contributed by atoms with Crippen molar-refractivity contribution < 1.29 is 13.6 Å². The fourth-order valence-electron chi connectivity index (χ4n) is 2.49. The quantitative estimate of drug-likeness (QED) is 0.384. The van der Waals surface area contributed by atoms with E-state index in [1.807, 2.05) is 6.92 Å². The summed E-state index contributed by atoms with van der Waals surface area (Å²) >= 11 is 0. The second kappa shape index (κ2) is 9.30. The Balaban J connectivity index is 0.00000312. The average molecular weight is 466 g/mol. The average Bonchev–Trinajstić information content (AvgIpc) is 3.30. The number of halogens is 3. The number of amides is 1. The van der Waals surface area contributed by atoms with Gasteiger partial charge in [-0.1, -0.05) is 6.07 Å². The van der Waals surface area contributed by atoms with Crippen LogP contribution in [0.15, 0.2) is 23.2 Å². The van der Waals surface area contributed by atoms with Crippen molar-refractivity contribution in [3.63, 3.8) is 0 Å². The maximum absolute atomic E-state index is 14.0. The normalized spacial score (nSPS) is 15.2. The van der Waals surface area contributed by atoms with E-state index in [9.17, 15) is 13.6 Å². The lowest BCUT2D eigenvalue weighted by Crippen LogP contribution is -2.42. The minimum atomic E-state index is -0.572. The van der Waals surface area contributed by atoms with Crippen molar-refractivity contribution in [2.24, 2.45) is 4.99 Å². The predicted molar refractivity (Wildman–Crippen MR) is 105 cm³/mol. The molecule has 0 heterocycles. The van der Waals surface area contributed by atoms with Crippen molar-refractivity contribution in [2.75, 3.05) is 33.7 Å². The van der Waals surface area contributed by atoms with E-state index < -0.39 is 11.6 Å². The van der Waals surface area contributed by atoms with Crippen LogP contribution in [0, 0.1) is 11.6 Å². The molecule has 0 bridgehead atoms. The zero-order valence-corrected chi connectivity index (χ0v) is 17.1. The molecule has 0 unspecified atom stereocenters. The van der Waals surface area contributed by atoms with Crippen LogP contribution in [0.1, 0.15) is 25.3 Å². The molecular weight excluding hydrogens is 441 g/mol. The molecule has 140 valence electrons. The van der Waals surface area contributed by atoms with Gasteiger partial charge in [-0.05, 0) is 31.4 Å². The minimum Gasteiger partial charge on any atom is -0.357 e. The number of hydrogen-bond donors (Lipinski definition) is 2. The smallest absolute Gasteiger partial charge is 0.243 e. The zero-order valence-electron chi connectivity index (χ0n) is 14.7. The Bertz CT molecular complexity index is 633. The lowest BCUT2D eigenvalue weighted by molar-refractivity contribution is -0.127. The van der Waals surface area contributed by atoms with Gasteiger partial charge in [0.2, 0.25) is 5.91 Å². The number of likely N-dealkylation sites (N-methyl/N-ethyl adjacent to an activating group) is 1. The molecule has 1 amide bonds. The molecule has 1 aliphatic carbocycles. The first-order valence-corrected chi connectivity index (χ1v) is 8.06. The van der Waals surface area contributed by atoms with Gasteiger partial charge in [0.15, 0.2) is 5.96 Å². The summed E-state index contributed by atoms with van der Waals surface area (Å²) in [7, 11) is 3.35. The largest absolute Gasteiger partial charge is 0.357 e. The van der Waals surface area contributed by atoms with Crippen LogP contribution in [0.3, 0.4) is 0 Å². The summed E-state index contributed by atoms with van der Waals surface area (Å²) in [4.78, 5) is 17.4. The number of nitrogens with zero attached hydrogens (tertiary/aromatic N) is 2. The number of carbonyl (C=O) groups excluding carboxylic acids is 1. The Morgan fingerprint density at radius 3 is 2.48 bits per heavy atom. The fourth-order valence-corrected chi connectivity index (χ4v) is 2.49. The van der Waals surface area contributed by atoms with Crippen LogP contribution in [0.2, 0.25) is 0 Å². The number of aliphatic imine (C=N–C) groups is 1. The monoisotopic (exact) mass is 466 g/mol. The van der Waals surface area contributed by atoms with Crippen molar-refractivity contribution in [1.29, 1.82) is 0 Å². The Morgan fingerprint density at radius 2 is 1.96 bits per heavy atom. The fraction of sp³-hybridized carbons (Fsp3) is 0.529. The SMILES string of the molecule is CCNC(=NCC(=O)N(C)C)NCC1(c2ccc(F)cc2F)CC1.I. The Hall–Kier alpha value is -1.45. The van der Waals surface area contributed by atoms with Gasteiger partial charge < -0.3 is 15.5 Å². The van der Waals surface area contributed by atoms with E-state index in [0.717, 1.165) is 18.9 Å². The molecule has 0 atom stereocenters. The summed E-state index contributed by atoms with van der Waals surface area (Å²) in [5, 5.41) is 6.23. The highest BCUT2D eigenvalue weighted by atomic mass is 127. The van der Waals surface area contributed by atoms with Crippen molar-refractivity contribution in [1.82, 2.24) is 15.5 Å². The lowest BCUT2D eigenvalue weighted by Gasteiger charge is -2.19. The molecule has 2 N–H and O–H groups in total. The summed E-state index contributed by atoms with van der Waals surface area (Å²) in [6.45, 7) is 3.11. The lowest BCUT2D eigenvalue weighted by atomic mass is 9.95. The van der Waals surface area contributed by atoms with Gasteiger partial charge in [-0.3, -0.25) is 4.79 Å². The van der Waals surface area contributed by atoms with Crippen LogP contribution in [0.5, 0.6) is 0 Å². The highest BCUT2D eigenvalue weighted by molar-refractivity contribution is 14.0. The van der Waals surface area contributed by atoms with E-state index in [4.69, 9.17) is 0 Å². The Labute approximate surface area is 164 Å². The Kier molecular flexibility index (Phi) is 8.04. The van der Waals surface area contributed by atoms with Crippen molar-refractivity contribution in [2.45, 2.75) is 25.2 Å². The van der Waals surface area contributed by atoms with E-state index in [1.165, 1.54) is 17.0 Å². The summed E-state index contributed by atoms with van der Waals surface area (Å²) < 4.78 is 27.1. The number of nitrogens with one attached hydrogen (secondary N) is 2. The van der Waals surface area contributed by atoms with Crippen molar-refractivity contribution in [3.8, 4) is 0 Å². The van der Waals surface area contributed by atoms with Crippen molar-refractivity contribution in [3.05, 3.63) is 35.4 Å². The third-order valence-corrected chi connectivity index (χ3v) is 4.17. The number of benzene rings is 1. The topological polar surface area (TPSA) is 56.7 Å². The van der Waals surface area contributed by atoms with Gasteiger partial charge in [-0.25, -0.2) is 13.8 Å². The molecule has 1 aromatic carbocycles. The molecule has 25 heavy (non-hydrogen) atoms. The van der Waals surface area contributed by atoms with Gasteiger partial charge in [0, 0.05) is 38.7 Å². The summed E-state index contributed by atoms with van der Waals surface area (Å²) in [6.07, 6.45) is 1.66. The number of guanidine groups is 1. The van der Waals surface area contributed by atoms with Crippen LogP contribution >= 0.6 is 24.0 Å². The van der Waals surface area contributed by atoms with E-state index >= 15 is 0 Å². The maximum Gasteiger partial charge on any atom is 0.243 e. The molecule has 5 nitrogen and oxygen atoms in total. The van der Waals surface area contributed by atoms with E-state index in [1.54, 1.807) is 14.1 Å². The van der Waals surface area contributed by atoms with Crippen LogP contribution in [0.4, 0.5) is 8.78 Å². The van der Waals surface area contributed by atoms with Crippen LogP contribution in [-0.4, -0.2) is 50.5 Å². The molecular formula is C17H25F2IN4O. The van der Waals surface area contributed by atoms with Gasteiger partial charge >= 0.3 is 0 Å². The summed E-state index contributed by atoms with van der Waals surface area (Å²) in [5.41, 5.74) is 0.191. The molecule has 0 saturated heterocycles. The van der Waals surface area contributed by atoms with Crippen LogP contribution in [-0.2, 0) is 10.2 Å². The highest BCUT2D eigenvalue weighted by Gasteiger charge is 2.46. The molecule has 1 aliphatic rings. The minimum absolute atomic E-state index is 0. The van der Waals surface area contributed by atoms with Gasteiger partial charge in [0.25, 0.3) is 0 Å². The zero-order chi connectivity index (χ0) is 17.7. The van der Waals surface area contributed by atoms with Crippen LogP contribution < -0.4 is 10.6 Å². The standard InChI is InChI=1S/C17H24F2N4O.HI/c1-4-20-16(21-10-15(24)23(2)3)22-11-17(7-8-17)13-6-5-12(18)9-14(13)19;/h5-6,9H,4,7-8,10-11H2,1-3H3,(H2,20,21,22);1H. The molecule has 8 heteroatoms. The molecule has 0 aliphatic heterocycles. The molecule has 1 aromatic rings. The first-order chi connectivity index (χ1) is 11.4. The van der Waals surface area contributed by atoms with Crippen molar-refractivity contribution >= 4 is 35.8 Å². The van der Waals surface area contributed by atoms with Gasteiger partial charge in [-0.2, -0.15) is 0 Å². The summed E-state index contributed by atoms with van der Waals surface area (Å²) in [5.74, 6) is -0.671. The third-order valence-electron chi connectivity index (χ3n) is 4.17. The van der Waals surface area contributed by atoms with Crippen LogP contribution in [0.25, 0.3) is 0 Å². The molecule has 2 rings (SSSR count). The Morgan fingerprint density at radius 1 is 1.28 bits per heavy atom. The number of hydrogen-bond acceptors (Lipinski definition) is 2. The second-order valence-electron chi connectivity index (χ2n) is 6.24. The third kappa shape index (κ3) is 5.79. The summed E-state index contributed by atoms with van der Waals surface area (Å²) in [6, 6.07) is 3.72. The van der Waals surface area contributed by atoms with E-state index in [0.29, 0.717) is 24.6 Å². The van der Waals surface area contributed by atoms with Gasteiger partial charge in [0.1, 0.15) is 18.2 Å². The maximum atomic E-state index is 14.0. The van der Waals surface area contributed by atoms with E-state index in [2.05, 4.69) is 15.6 Å². The molecule has 1 saturated carbocycles. The number of rotatable bonds is 6. The first kappa shape index (κ1) is 21.6. The molecule has 0 aromatic heterocycles. The molecule has 0 radical (unpaired) electrons.